The van der Waals surface area contributed by atoms with E-state index in [0.717, 1.165) is 44.2 Å². The third-order valence-electron chi connectivity index (χ3n) is 9.12. The Balaban J connectivity index is 1.39. The first-order valence-electron chi connectivity index (χ1n) is 11.9. The fourth-order valence-corrected chi connectivity index (χ4v) is 7.46. The second-order valence-corrected chi connectivity index (χ2v) is 11.0. The van der Waals surface area contributed by atoms with Crippen molar-refractivity contribution in [1.29, 1.82) is 0 Å². The number of fused-ring (bicyclic) bond motifs is 5. The first-order chi connectivity index (χ1) is 15.2. The summed E-state index contributed by atoms with van der Waals surface area (Å²) in [5.41, 5.74) is 2.57. The number of carboxylic acids is 1. The summed E-state index contributed by atoms with van der Waals surface area (Å²) >= 11 is 3.93. The zero-order chi connectivity index (χ0) is 23.1. The standard InChI is InChI=1S/C24H36N2O5S/c1-23-9-7-15(26-31-12-21(28)25-19(13-32)22(29)30)11-14(23)3-4-16-17-5-6-20(27)24(17,2)10-8-18(16)23/h11,16-20,27,32H,3-10,12-13H2,1-2H3,(H,25,28)(H,29,30)/b26-15-/t16-,17+,18+,19+,20+,23+,24+/m1/s1. The summed E-state index contributed by atoms with van der Waals surface area (Å²) in [4.78, 5) is 28.1. The maximum atomic E-state index is 11.9. The van der Waals surface area contributed by atoms with Crippen molar-refractivity contribution in [2.24, 2.45) is 33.7 Å². The lowest BCUT2D eigenvalue weighted by Crippen LogP contribution is -2.51. The van der Waals surface area contributed by atoms with E-state index in [4.69, 9.17) is 9.94 Å². The fourth-order valence-electron chi connectivity index (χ4n) is 7.21. The molecule has 0 aromatic rings. The first-order valence-corrected chi connectivity index (χ1v) is 12.5. The van der Waals surface area contributed by atoms with Crippen molar-refractivity contribution >= 4 is 30.2 Å². The lowest BCUT2D eigenvalue weighted by molar-refractivity contribution is -0.141. The molecule has 0 aromatic carbocycles. The maximum Gasteiger partial charge on any atom is 0.327 e. The summed E-state index contributed by atoms with van der Waals surface area (Å²) in [5.74, 6) is 0.365. The number of amides is 1. The first kappa shape index (κ1) is 23.6. The molecule has 8 heteroatoms. The van der Waals surface area contributed by atoms with Crippen LogP contribution in [0.5, 0.6) is 0 Å². The Bertz CT molecular complexity index is 829. The Kier molecular flexibility index (Phi) is 6.65. The molecule has 7 nitrogen and oxygen atoms in total. The van der Waals surface area contributed by atoms with Gasteiger partial charge in [0.2, 0.25) is 0 Å². The van der Waals surface area contributed by atoms with Crippen LogP contribution in [0.1, 0.15) is 65.2 Å². The Morgan fingerprint density at radius 2 is 2.00 bits per heavy atom. The molecule has 0 heterocycles. The number of oxime groups is 1. The number of aliphatic hydroxyl groups is 1. The van der Waals surface area contributed by atoms with Gasteiger partial charge in [0.25, 0.3) is 5.91 Å². The molecule has 0 radical (unpaired) electrons. The van der Waals surface area contributed by atoms with Gasteiger partial charge in [0.05, 0.1) is 11.8 Å². The van der Waals surface area contributed by atoms with Crippen LogP contribution in [0.4, 0.5) is 0 Å². The molecule has 0 bridgehead atoms. The van der Waals surface area contributed by atoms with E-state index in [1.165, 1.54) is 18.4 Å². The third-order valence-corrected chi connectivity index (χ3v) is 9.49. The molecule has 4 aliphatic carbocycles. The topological polar surface area (TPSA) is 108 Å². The molecular weight excluding hydrogens is 428 g/mol. The minimum absolute atomic E-state index is 0.0153. The molecule has 0 saturated heterocycles. The van der Waals surface area contributed by atoms with Gasteiger partial charge in [-0.05, 0) is 86.0 Å². The van der Waals surface area contributed by atoms with Crippen LogP contribution in [0.15, 0.2) is 16.8 Å². The van der Waals surface area contributed by atoms with E-state index in [0.29, 0.717) is 17.8 Å². The Morgan fingerprint density at radius 1 is 1.22 bits per heavy atom. The van der Waals surface area contributed by atoms with Gasteiger partial charge in [-0.15, -0.1) is 0 Å². The second kappa shape index (κ2) is 9.01. The molecule has 3 saturated carbocycles. The van der Waals surface area contributed by atoms with Crippen molar-refractivity contribution in [2.75, 3.05) is 12.4 Å². The zero-order valence-electron chi connectivity index (χ0n) is 19.0. The number of carbonyl (C=O) groups is 2. The SMILES string of the molecule is C[C@]12CC[C@H]3[C@H](CCC4=C/C(=N\OCC(=O)N[C@@H](CS)C(=O)O)CC[C@@]43C)[C@@H]1CC[C@@H]2O. The molecule has 3 N–H and O–H groups in total. The second-order valence-electron chi connectivity index (χ2n) is 10.6. The minimum Gasteiger partial charge on any atom is -0.480 e. The zero-order valence-corrected chi connectivity index (χ0v) is 19.9. The van der Waals surface area contributed by atoms with Gasteiger partial charge in [0, 0.05) is 5.75 Å². The summed E-state index contributed by atoms with van der Waals surface area (Å²) in [6, 6.07) is -1.03. The Labute approximate surface area is 195 Å². The van der Waals surface area contributed by atoms with Crippen LogP contribution in [0.3, 0.4) is 0 Å². The number of nitrogens with one attached hydrogen (secondary N) is 1. The van der Waals surface area contributed by atoms with Crippen molar-refractivity contribution in [3.05, 3.63) is 11.6 Å². The van der Waals surface area contributed by atoms with Crippen LogP contribution in [-0.2, 0) is 14.4 Å². The number of allylic oxidation sites excluding steroid dienone is 2. The van der Waals surface area contributed by atoms with E-state index in [1.54, 1.807) is 0 Å². The molecule has 0 unspecified atom stereocenters. The van der Waals surface area contributed by atoms with Crippen molar-refractivity contribution in [1.82, 2.24) is 5.32 Å². The third kappa shape index (κ3) is 4.09. The van der Waals surface area contributed by atoms with Gasteiger partial charge in [-0.1, -0.05) is 24.6 Å². The van der Waals surface area contributed by atoms with Crippen LogP contribution in [0, 0.1) is 28.6 Å². The molecule has 0 aliphatic heterocycles. The van der Waals surface area contributed by atoms with E-state index in [-0.39, 0.29) is 29.3 Å². The molecule has 3 fully saturated rings. The highest BCUT2D eigenvalue weighted by Gasteiger charge is 2.58. The molecule has 32 heavy (non-hydrogen) atoms. The predicted octanol–water partition coefficient (Wildman–Crippen LogP) is 3.18. The summed E-state index contributed by atoms with van der Waals surface area (Å²) in [6.45, 7) is 4.42. The average molecular weight is 465 g/mol. The number of aliphatic hydroxyl groups excluding tert-OH is 1. The predicted molar refractivity (Wildman–Crippen MR) is 125 cm³/mol. The quantitative estimate of drug-likeness (QED) is 0.357. The van der Waals surface area contributed by atoms with Gasteiger partial charge >= 0.3 is 5.97 Å². The maximum absolute atomic E-state index is 11.9. The average Bonchev–Trinajstić information content (AvgIpc) is 3.06. The van der Waals surface area contributed by atoms with Crippen molar-refractivity contribution in [3.63, 3.8) is 0 Å². The van der Waals surface area contributed by atoms with E-state index < -0.39 is 17.9 Å². The highest BCUT2D eigenvalue weighted by atomic mass is 32.1. The van der Waals surface area contributed by atoms with Crippen LogP contribution < -0.4 is 5.32 Å². The summed E-state index contributed by atoms with van der Waals surface area (Å²) in [7, 11) is 0. The molecule has 0 aromatic heterocycles. The van der Waals surface area contributed by atoms with Gasteiger partial charge in [0.15, 0.2) is 6.61 Å². The monoisotopic (exact) mass is 464 g/mol. The van der Waals surface area contributed by atoms with Gasteiger partial charge < -0.3 is 20.4 Å². The number of hydrogen-bond acceptors (Lipinski definition) is 6. The number of thiol groups is 1. The lowest BCUT2D eigenvalue weighted by Gasteiger charge is -2.57. The number of carbonyl (C=O) groups excluding carboxylic acids is 1. The number of carboxylic acid groups (broad SMARTS) is 1. The van der Waals surface area contributed by atoms with Gasteiger partial charge in [0.1, 0.15) is 6.04 Å². The van der Waals surface area contributed by atoms with Crippen LogP contribution in [0.2, 0.25) is 0 Å². The molecule has 4 aliphatic rings. The highest BCUT2D eigenvalue weighted by molar-refractivity contribution is 7.80. The van der Waals surface area contributed by atoms with E-state index in [9.17, 15) is 14.7 Å². The Hall–Kier alpha value is -1.54. The van der Waals surface area contributed by atoms with Crippen LogP contribution in [0.25, 0.3) is 0 Å². The number of hydrogen-bond donors (Lipinski definition) is 4. The van der Waals surface area contributed by atoms with E-state index in [2.05, 4.69) is 43.0 Å². The summed E-state index contributed by atoms with van der Waals surface area (Å²) < 4.78 is 0. The molecule has 4 rings (SSSR count). The van der Waals surface area contributed by atoms with Crippen molar-refractivity contribution in [3.8, 4) is 0 Å². The summed E-state index contributed by atoms with van der Waals surface area (Å²) in [6.07, 6.45) is 10.5. The van der Waals surface area contributed by atoms with Gasteiger partial charge in [-0.2, -0.15) is 12.6 Å². The lowest BCUT2D eigenvalue weighted by atomic mass is 9.47. The van der Waals surface area contributed by atoms with Gasteiger partial charge in [-0.25, -0.2) is 4.79 Å². The van der Waals surface area contributed by atoms with Crippen molar-refractivity contribution < 1.29 is 24.6 Å². The molecule has 1 amide bonds. The van der Waals surface area contributed by atoms with E-state index in [1.807, 2.05) is 0 Å². The molecular formula is C24H36N2O5S. The normalized spacial score (nSPS) is 40.5. The van der Waals surface area contributed by atoms with Gasteiger partial charge in [-0.3, -0.25) is 4.79 Å². The number of aliphatic carboxylic acids is 1. The molecule has 0 spiro atoms. The number of rotatable bonds is 6. The van der Waals surface area contributed by atoms with Crippen molar-refractivity contribution in [2.45, 2.75) is 77.4 Å². The minimum atomic E-state index is -1.12. The smallest absolute Gasteiger partial charge is 0.327 e. The van der Waals surface area contributed by atoms with Crippen LogP contribution >= 0.6 is 12.6 Å². The fraction of sp³-hybridized carbons (Fsp3) is 0.792. The number of nitrogens with zero attached hydrogens (tertiary/aromatic N) is 1. The Morgan fingerprint density at radius 3 is 2.72 bits per heavy atom. The molecule has 7 atom stereocenters. The highest BCUT2D eigenvalue weighted by Crippen LogP contribution is 2.65. The molecule has 178 valence electrons. The largest absolute Gasteiger partial charge is 0.480 e. The van der Waals surface area contributed by atoms with E-state index >= 15 is 0 Å². The summed E-state index contributed by atoms with van der Waals surface area (Å²) in [5, 5.41) is 26.2. The van der Waals surface area contributed by atoms with Crippen LogP contribution in [-0.4, -0.2) is 52.3 Å².